The maximum absolute atomic E-state index is 12.3. The molecule has 1 aromatic carbocycles. The van der Waals surface area contributed by atoms with Crippen LogP contribution in [0.2, 0.25) is 0 Å². The first-order valence-electron chi connectivity index (χ1n) is 8.78. The Hall–Kier alpha value is -3.08. The van der Waals surface area contributed by atoms with Gasteiger partial charge in [-0.2, -0.15) is 0 Å². The van der Waals surface area contributed by atoms with Crippen molar-refractivity contribution in [3.8, 4) is 0 Å². The van der Waals surface area contributed by atoms with E-state index in [0.29, 0.717) is 5.76 Å². The van der Waals surface area contributed by atoms with Gasteiger partial charge in [-0.05, 0) is 36.8 Å². The average molecular weight is 365 g/mol. The van der Waals surface area contributed by atoms with Crippen molar-refractivity contribution in [3.05, 3.63) is 71.3 Å². The summed E-state index contributed by atoms with van der Waals surface area (Å²) in [5.41, 5.74) is 2.84. The number of hydrogen-bond donors (Lipinski definition) is 0. The Kier molecular flexibility index (Phi) is 5.04. The zero-order valence-corrected chi connectivity index (χ0v) is 16.0. The molecule has 0 atom stereocenters. The van der Waals surface area contributed by atoms with E-state index in [2.05, 4.69) is 19.9 Å². The van der Waals surface area contributed by atoms with E-state index in [9.17, 15) is 9.59 Å². The Morgan fingerprint density at radius 1 is 1.19 bits per heavy atom. The van der Waals surface area contributed by atoms with Gasteiger partial charge in [-0.1, -0.05) is 32.0 Å². The third-order valence-corrected chi connectivity index (χ3v) is 4.74. The smallest absolute Gasteiger partial charge is 0.331 e. The number of furan rings is 1. The van der Waals surface area contributed by atoms with Crippen LogP contribution < -0.4 is 4.90 Å². The highest BCUT2D eigenvalue weighted by molar-refractivity contribution is 5.95. The van der Waals surface area contributed by atoms with Crippen LogP contribution in [-0.2, 0) is 19.7 Å². The third kappa shape index (κ3) is 3.87. The van der Waals surface area contributed by atoms with E-state index in [4.69, 9.17) is 9.15 Å². The molecule has 5 heteroatoms. The average Bonchev–Trinajstić information content (AvgIpc) is 3.14. The largest absolute Gasteiger partial charge is 0.462 e. The summed E-state index contributed by atoms with van der Waals surface area (Å²) in [7, 11) is 1.94. The number of ether oxygens (including phenoxy) is 1. The van der Waals surface area contributed by atoms with Gasteiger partial charge in [-0.3, -0.25) is 4.79 Å². The van der Waals surface area contributed by atoms with Crippen molar-refractivity contribution in [2.75, 3.05) is 18.6 Å². The first-order valence-corrected chi connectivity index (χ1v) is 8.78. The van der Waals surface area contributed by atoms with Crippen LogP contribution in [0.25, 0.3) is 6.08 Å². The molecule has 2 heterocycles. The summed E-state index contributed by atoms with van der Waals surface area (Å²) in [4.78, 5) is 26.2. The van der Waals surface area contributed by atoms with Crippen molar-refractivity contribution in [1.29, 1.82) is 0 Å². The highest BCUT2D eigenvalue weighted by Gasteiger charge is 2.38. The predicted molar refractivity (Wildman–Crippen MR) is 104 cm³/mol. The van der Waals surface area contributed by atoms with Gasteiger partial charge in [-0.15, -0.1) is 0 Å². The molecular weight excluding hydrogens is 342 g/mol. The fourth-order valence-corrected chi connectivity index (χ4v) is 3.34. The van der Waals surface area contributed by atoms with E-state index in [1.165, 1.54) is 17.7 Å². The van der Waals surface area contributed by atoms with Gasteiger partial charge in [0, 0.05) is 36.0 Å². The lowest BCUT2D eigenvalue weighted by Gasteiger charge is -2.23. The maximum Gasteiger partial charge on any atom is 0.331 e. The first kappa shape index (κ1) is 18.7. The minimum absolute atomic E-state index is 0.256. The zero-order chi connectivity index (χ0) is 19.6. The van der Waals surface area contributed by atoms with Gasteiger partial charge < -0.3 is 14.1 Å². The molecule has 140 valence electrons. The number of carbonyl (C=O) groups excluding carboxylic acids is 2. The van der Waals surface area contributed by atoms with Gasteiger partial charge in [0.2, 0.25) is 0 Å². The van der Waals surface area contributed by atoms with E-state index in [-0.39, 0.29) is 17.8 Å². The second-order valence-corrected chi connectivity index (χ2v) is 7.09. The Bertz CT molecular complexity index is 933. The number of rotatable bonds is 5. The third-order valence-electron chi connectivity index (χ3n) is 4.74. The number of fused-ring (bicyclic) bond motifs is 1. The Balaban J connectivity index is 1.63. The van der Waals surface area contributed by atoms with Crippen molar-refractivity contribution in [2.45, 2.75) is 26.2 Å². The fourth-order valence-electron chi connectivity index (χ4n) is 3.34. The Morgan fingerprint density at radius 3 is 2.59 bits per heavy atom. The van der Waals surface area contributed by atoms with E-state index < -0.39 is 5.97 Å². The topological polar surface area (TPSA) is 59.8 Å². The fraction of sp³-hybridized carbons (Fsp3) is 0.273. The van der Waals surface area contributed by atoms with E-state index >= 15 is 0 Å². The number of para-hydroxylation sites is 1. The van der Waals surface area contributed by atoms with Crippen molar-refractivity contribution >= 4 is 23.5 Å². The minimum Gasteiger partial charge on any atom is -0.462 e. The number of likely N-dealkylation sites (N-methyl/N-ethyl adjacent to an activating group) is 1. The van der Waals surface area contributed by atoms with Gasteiger partial charge in [0.1, 0.15) is 11.5 Å². The van der Waals surface area contributed by atoms with Gasteiger partial charge >= 0.3 is 5.97 Å². The van der Waals surface area contributed by atoms with Crippen LogP contribution in [0.5, 0.6) is 0 Å². The van der Waals surface area contributed by atoms with E-state index in [1.807, 2.05) is 37.1 Å². The molecule has 2 aromatic rings. The van der Waals surface area contributed by atoms with Crippen LogP contribution in [0, 0.1) is 6.92 Å². The van der Waals surface area contributed by atoms with Gasteiger partial charge in [0.15, 0.2) is 12.4 Å². The van der Waals surface area contributed by atoms with Crippen molar-refractivity contribution in [1.82, 2.24) is 0 Å². The van der Waals surface area contributed by atoms with E-state index in [1.54, 1.807) is 18.2 Å². The molecule has 0 fully saturated rings. The lowest BCUT2D eigenvalue weighted by atomic mass is 9.83. The second-order valence-electron chi connectivity index (χ2n) is 7.09. The van der Waals surface area contributed by atoms with Crippen molar-refractivity contribution in [3.63, 3.8) is 0 Å². The first-order chi connectivity index (χ1) is 12.8. The van der Waals surface area contributed by atoms with Crippen LogP contribution in [0.15, 0.2) is 58.7 Å². The highest BCUT2D eigenvalue weighted by Crippen LogP contribution is 2.46. The molecule has 1 aliphatic rings. The molecule has 27 heavy (non-hydrogen) atoms. The minimum atomic E-state index is -0.585. The second kappa shape index (κ2) is 7.27. The molecule has 0 radical (unpaired) electrons. The maximum atomic E-state index is 12.3. The normalized spacial score (nSPS) is 16.7. The van der Waals surface area contributed by atoms with E-state index in [0.717, 1.165) is 17.1 Å². The number of ketones is 1. The number of nitrogens with zero attached hydrogens (tertiary/aromatic N) is 1. The number of aryl methyl sites for hydroxylation is 1. The summed E-state index contributed by atoms with van der Waals surface area (Å²) in [6, 6.07) is 11.6. The summed E-state index contributed by atoms with van der Waals surface area (Å²) in [5, 5.41) is 0. The van der Waals surface area contributed by atoms with Crippen LogP contribution in [0.4, 0.5) is 5.69 Å². The molecule has 0 amide bonds. The van der Waals surface area contributed by atoms with Gasteiger partial charge in [0.25, 0.3) is 0 Å². The molecule has 5 nitrogen and oxygen atoms in total. The number of benzene rings is 1. The lowest BCUT2D eigenvalue weighted by molar-refractivity contribution is -0.141. The molecular formula is C22H23NO4. The quantitative estimate of drug-likeness (QED) is 0.591. The Labute approximate surface area is 158 Å². The molecule has 3 rings (SSSR count). The van der Waals surface area contributed by atoms with Crippen LogP contribution in [0.1, 0.15) is 30.9 Å². The molecule has 0 spiro atoms. The molecule has 1 aromatic heterocycles. The Morgan fingerprint density at radius 2 is 1.93 bits per heavy atom. The lowest BCUT2D eigenvalue weighted by Crippen LogP contribution is -2.25. The standard InChI is InChI=1S/C22H23NO4/c1-15-9-10-17(27-15)11-12-21(25)26-14-16(24)13-20-22(2,3)18-7-5-6-8-19(18)23(20)4/h5-13H,14H2,1-4H3/b12-11+,20-13-. The molecule has 0 bridgehead atoms. The van der Waals surface area contributed by atoms with Crippen LogP contribution in [0.3, 0.4) is 0 Å². The number of anilines is 1. The monoisotopic (exact) mass is 365 g/mol. The summed E-state index contributed by atoms with van der Waals surface area (Å²) in [5.74, 6) is 0.477. The molecule has 0 unspecified atom stereocenters. The zero-order valence-electron chi connectivity index (χ0n) is 16.0. The SMILES string of the molecule is Cc1ccc(/C=C/C(=O)OCC(=O)/C=C2\N(C)c3ccccc3C2(C)C)o1. The summed E-state index contributed by atoms with van der Waals surface area (Å²) >= 11 is 0. The summed E-state index contributed by atoms with van der Waals surface area (Å²) in [6.45, 7) is 5.68. The molecule has 0 N–H and O–H groups in total. The molecule has 0 aliphatic carbocycles. The molecule has 0 saturated heterocycles. The number of esters is 1. The number of carbonyl (C=O) groups is 2. The molecule has 1 aliphatic heterocycles. The van der Waals surface area contributed by atoms with Crippen molar-refractivity contribution < 1.29 is 18.7 Å². The summed E-state index contributed by atoms with van der Waals surface area (Å²) < 4.78 is 10.4. The van der Waals surface area contributed by atoms with Crippen molar-refractivity contribution in [2.24, 2.45) is 0 Å². The summed E-state index contributed by atoms with van der Waals surface area (Å²) in [6.07, 6.45) is 4.33. The highest BCUT2D eigenvalue weighted by atomic mass is 16.5. The van der Waals surface area contributed by atoms with Crippen LogP contribution in [-0.4, -0.2) is 25.4 Å². The van der Waals surface area contributed by atoms with Crippen LogP contribution >= 0.6 is 0 Å². The van der Waals surface area contributed by atoms with Gasteiger partial charge in [0.05, 0.1) is 0 Å². The van der Waals surface area contributed by atoms with Gasteiger partial charge in [-0.25, -0.2) is 4.79 Å². The number of allylic oxidation sites excluding steroid dienone is 1. The predicted octanol–water partition coefficient (Wildman–Crippen LogP) is 4.03. The molecule has 0 saturated carbocycles. The number of hydrogen-bond acceptors (Lipinski definition) is 5.